The van der Waals surface area contributed by atoms with Gasteiger partial charge in [-0.3, -0.25) is 9.59 Å². The first-order valence-electron chi connectivity index (χ1n) is 6.02. The molecule has 7 heteroatoms. The van der Waals surface area contributed by atoms with Crippen molar-refractivity contribution in [1.29, 1.82) is 0 Å². The maximum atomic E-state index is 13.2. The minimum Gasteiger partial charge on any atom is -0.390 e. The number of benzene rings is 1. The molecule has 1 rings (SSSR count). The summed E-state index contributed by atoms with van der Waals surface area (Å²) in [5.41, 5.74) is 5.00. The zero-order chi connectivity index (χ0) is 15.3. The van der Waals surface area contributed by atoms with Crippen LogP contribution >= 0.6 is 0 Å². The molecule has 20 heavy (non-hydrogen) atoms. The Labute approximate surface area is 115 Å². The third-order valence-corrected chi connectivity index (χ3v) is 2.78. The van der Waals surface area contributed by atoms with Gasteiger partial charge in [-0.15, -0.1) is 0 Å². The maximum Gasteiger partial charge on any atom is 0.249 e. The van der Waals surface area contributed by atoms with E-state index in [0.29, 0.717) is 0 Å². The lowest BCUT2D eigenvalue weighted by Crippen LogP contribution is -2.28. The molecule has 0 bridgehead atoms. The summed E-state index contributed by atoms with van der Waals surface area (Å²) in [6, 6.07) is 3.14. The van der Waals surface area contributed by atoms with Gasteiger partial charge in [-0.05, 0) is 30.2 Å². The summed E-state index contributed by atoms with van der Waals surface area (Å²) in [6.07, 6.45) is -2.68. The highest BCUT2D eigenvalue weighted by Crippen LogP contribution is 2.23. The molecular weight excluding hydrogens is 267 g/mol. The average molecular weight is 284 g/mol. The smallest absolute Gasteiger partial charge is 0.249 e. The van der Waals surface area contributed by atoms with Crippen LogP contribution in [0.5, 0.6) is 0 Å². The lowest BCUT2D eigenvalue weighted by molar-refractivity contribution is -0.119. The van der Waals surface area contributed by atoms with Crippen molar-refractivity contribution in [3.63, 3.8) is 0 Å². The minimum atomic E-state index is -1.47. The van der Waals surface area contributed by atoms with Gasteiger partial charge in [0.1, 0.15) is 11.9 Å². The number of aliphatic hydroxyl groups excluding tert-OH is 2. The maximum absolute atomic E-state index is 13.2. The first-order chi connectivity index (χ1) is 9.32. The number of nitrogens with two attached hydrogens (primary N) is 1. The SMILES string of the molecule is CC(=O)NCCC(O)C(O)c1cc(F)ccc1C(N)=O. The molecule has 0 radical (unpaired) electrons. The molecule has 0 fully saturated rings. The molecule has 2 unspecified atom stereocenters. The van der Waals surface area contributed by atoms with Gasteiger partial charge in [-0.1, -0.05) is 0 Å². The molecular formula is C13H17FN2O4. The van der Waals surface area contributed by atoms with Crippen molar-refractivity contribution in [1.82, 2.24) is 5.32 Å². The second kappa shape index (κ2) is 6.97. The number of halogens is 1. The highest BCUT2D eigenvalue weighted by Gasteiger charge is 2.23. The van der Waals surface area contributed by atoms with Gasteiger partial charge in [0.05, 0.1) is 6.10 Å². The van der Waals surface area contributed by atoms with E-state index in [9.17, 15) is 24.2 Å². The fourth-order valence-corrected chi connectivity index (χ4v) is 1.76. The van der Waals surface area contributed by atoms with Crippen molar-refractivity contribution < 1.29 is 24.2 Å². The Morgan fingerprint density at radius 1 is 1.40 bits per heavy atom. The lowest BCUT2D eigenvalue weighted by atomic mass is 9.96. The van der Waals surface area contributed by atoms with Gasteiger partial charge in [-0.25, -0.2) is 4.39 Å². The van der Waals surface area contributed by atoms with Crippen LogP contribution in [0.25, 0.3) is 0 Å². The topological polar surface area (TPSA) is 113 Å². The molecule has 110 valence electrons. The van der Waals surface area contributed by atoms with E-state index < -0.39 is 23.9 Å². The third-order valence-electron chi connectivity index (χ3n) is 2.78. The van der Waals surface area contributed by atoms with Crippen LogP contribution in [-0.2, 0) is 4.79 Å². The summed E-state index contributed by atoms with van der Waals surface area (Å²) in [6.45, 7) is 1.47. The highest BCUT2D eigenvalue weighted by atomic mass is 19.1. The predicted octanol–water partition coefficient (Wildman–Crippen LogP) is -0.155. The van der Waals surface area contributed by atoms with Crippen LogP contribution in [0, 0.1) is 5.82 Å². The van der Waals surface area contributed by atoms with Gasteiger partial charge >= 0.3 is 0 Å². The van der Waals surface area contributed by atoms with Gasteiger partial charge in [0.2, 0.25) is 11.8 Å². The number of hydrogen-bond acceptors (Lipinski definition) is 4. The van der Waals surface area contributed by atoms with E-state index in [2.05, 4.69) is 5.32 Å². The molecule has 0 aliphatic heterocycles. The van der Waals surface area contributed by atoms with Crippen molar-refractivity contribution in [3.05, 3.63) is 35.1 Å². The molecule has 0 saturated heterocycles. The lowest BCUT2D eigenvalue weighted by Gasteiger charge is -2.20. The molecule has 0 aliphatic carbocycles. The highest BCUT2D eigenvalue weighted by molar-refractivity contribution is 5.94. The second-order valence-corrected chi connectivity index (χ2v) is 4.38. The normalized spacial score (nSPS) is 13.6. The molecule has 0 aliphatic rings. The van der Waals surface area contributed by atoms with E-state index in [1.807, 2.05) is 0 Å². The molecule has 6 nitrogen and oxygen atoms in total. The number of hydrogen-bond donors (Lipinski definition) is 4. The first kappa shape index (κ1) is 16.1. The van der Waals surface area contributed by atoms with E-state index in [0.717, 1.165) is 18.2 Å². The quantitative estimate of drug-likeness (QED) is 0.581. The number of carbonyl (C=O) groups excluding carboxylic acids is 2. The van der Waals surface area contributed by atoms with E-state index in [1.165, 1.54) is 6.92 Å². The number of primary amides is 1. The van der Waals surface area contributed by atoms with Gasteiger partial charge in [0.15, 0.2) is 0 Å². The van der Waals surface area contributed by atoms with Gasteiger partial charge in [-0.2, -0.15) is 0 Å². The summed E-state index contributed by atoms with van der Waals surface area (Å²) >= 11 is 0. The van der Waals surface area contributed by atoms with Crippen LogP contribution in [0.15, 0.2) is 18.2 Å². The van der Waals surface area contributed by atoms with Crippen LogP contribution in [0.3, 0.4) is 0 Å². The van der Waals surface area contributed by atoms with E-state index >= 15 is 0 Å². The summed E-state index contributed by atoms with van der Waals surface area (Å²) in [7, 11) is 0. The molecule has 1 aromatic rings. The van der Waals surface area contributed by atoms with E-state index in [4.69, 9.17) is 5.73 Å². The van der Waals surface area contributed by atoms with Crippen molar-refractivity contribution in [3.8, 4) is 0 Å². The third kappa shape index (κ3) is 4.29. The Balaban J connectivity index is 2.84. The van der Waals surface area contributed by atoms with Crippen LogP contribution in [0.2, 0.25) is 0 Å². The molecule has 1 aromatic carbocycles. The summed E-state index contributed by atoms with van der Waals surface area (Å²) in [5, 5.41) is 22.2. The Kier molecular flexibility index (Phi) is 5.60. The number of aliphatic hydroxyl groups is 2. The van der Waals surface area contributed by atoms with Crippen LogP contribution in [0.4, 0.5) is 4.39 Å². The number of carbonyl (C=O) groups is 2. The van der Waals surface area contributed by atoms with Crippen LogP contribution < -0.4 is 11.1 Å². The molecule has 2 atom stereocenters. The number of nitrogens with one attached hydrogen (secondary N) is 1. The van der Waals surface area contributed by atoms with Crippen molar-refractivity contribution in [2.45, 2.75) is 25.6 Å². The first-order valence-corrected chi connectivity index (χ1v) is 6.02. The average Bonchev–Trinajstić information content (AvgIpc) is 2.36. The fourth-order valence-electron chi connectivity index (χ4n) is 1.76. The van der Waals surface area contributed by atoms with Crippen molar-refractivity contribution in [2.75, 3.05) is 6.54 Å². The zero-order valence-corrected chi connectivity index (χ0v) is 11.0. The molecule has 0 aromatic heterocycles. The van der Waals surface area contributed by atoms with Gasteiger partial charge < -0.3 is 21.3 Å². The monoisotopic (exact) mass is 284 g/mol. The Hall–Kier alpha value is -1.99. The van der Waals surface area contributed by atoms with Crippen molar-refractivity contribution >= 4 is 11.8 Å². The zero-order valence-electron chi connectivity index (χ0n) is 11.0. The Morgan fingerprint density at radius 2 is 2.05 bits per heavy atom. The molecule has 0 heterocycles. The summed E-state index contributed by atoms with van der Waals surface area (Å²) in [5.74, 6) is -1.75. The largest absolute Gasteiger partial charge is 0.390 e. The summed E-state index contributed by atoms with van der Waals surface area (Å²) < 4.78 is 13.2. The van der Waals surface area contributed by atoms with E-state index in [1.54, 1.807) is 0 Å². The minimum absolute atomic E-state index is 0.0511. The van der Waals surface area contributed by atoms with Gasteiger partial charge in [0.25, 0.3) is 0 Å². The second-order valence-electron chi connectivity index (χ2n) is 4.38. The Morgan fingerprint density at radius 3 is 2.60 bits per heavy atom. The Bertz CT molecular complexity index is 507. The molecule has 0 spiro atoms. The summed E-state index contributed by atoms with van der Waals surface area (Å²) in [4.78, 5) is 21.9. The van der Waals surface area contributed by atoms with E-state index in [-0.39, 0.29) is 30.0 Å². The molecule has 5 N–H and O–H groups in total. The standard InChI is InChI=1S/C13H17FN2O4/c1-7(17)16-5-4-11(18)12(19)10-6-8(14)2-3-9(10)13(15)20/h2-3,6,11-12,18-19H,4-5H2,1H3,(H2,15,20)(H,16,17). The van der Waals surface area contributed by atoms with Crippen LogP contribution in [0.1, 0.15) is 35.4 Å². The number of amides is 2. The van der Waals surface area contributed by atoms with Gasteiger partial charge in [0, 0.05) is 19.0 Å². The van der Waals surface area contributed by atoms with Crippen molar-refractivity contribution in [2.24, 2.45) is 5.73 Å². The predicted molar refractivity (Wildman–Crippen MR) is 69.2 cm³/mol. The molecule has 0 saturated carbocycles. The van der Waals surface area contributed by atoms with Crippen LogP contribution in [-0.4, -0.2) is 34.7 Å². The number of rotatable bonds is 6. The molecule has 2 amide bonds. The fraction of sp³-hybridized carbons (Fsp3) is 0.385.